The predicted molar refractivity (Wildman–Crippen MR) is 85.8 cm³/mol. The standard InChI is InChI=1S/C17H23NO2.ClH/c1-3-20-16(19)17(14-7-5-4-6-8-14)11-13-9-10-15(17)18(2)12-13;/h4-8,13,15H,3,9-12H2,1-2H3;1H. The molecule has 2 saturated heterocycles. The van der Waals surface area contributed by atoms with Gasteiger partial charge in [0.2, 0.25) is 0 Å². The summed E-state index contributed by atoms with van der Waals surface area (Å²) >= 11 is 0. The first-order valence-electron chi connectivity index (χ1n) is 7.61. The van der Waals surface area contributed by atoms with E-state index in [2.05, 4.69) is 24.1 Å². The lowest BCUT2D eigenvalue weighted by atomic mass is 9.59. The molecular weight excluding hydrogens is 286 g/mol. The Balaban J connectivity index is 0.00000161. The number of halogens is 1. The quantitative estimate of drug-likeness (QED) is 0.804. The van der Waals surface area contributed by atoms with Crippen LogP contribution in [0.3, 0.4) is 0 Å². The van der Waals surface area contributed by atoms with Crippen molar-refractivity contribution in [3.8, 4) is 0 Å². The molecule has 0 N–H and O–H groups in total. The number of rotatable bonds is 3. The largest absolute Gasteiger partial charge is 0.465 e. The summed E-state index contributed by atoms with van der Waals surface area (Å²) in [7, 11) is 2.15. The van der Waals surface area contributed by atoms with E-state index in [1.165, 1.54) is 6.42 Å². The minimum absolute atomic E-state index is 0. The maximum Gasteiger partial charge on any atom is 0.318 e. The van der Waals surface area contributed by atoms with Crippen LogP contribution in [0.25, 0.3) is 0 Å². The van der Waals surface area contributed by atoms with Gasteiger partial charge < -0.3 is 9.64 Å². The highest BCUT2D eigenvalue weighted by atomic mass is 35.5. The van der Waals surface area contributed by atoms with Gasteiger partial charge in [-0.2, -0.15) is 0 Å². The number of esters is 1. The minimum atomic E-state index is -0.465. The molecule has 3 fully saturated rings. The van der Waals surface area contributed by atoms with Crippen LogP contribution in [0, 0.1) is 5.92 Å². The molecule has 1 saturated carbocycles. The summed E-state index contributed by atoms with van der Waals surface area (Å²) in [5, 5.41) is 0. The number of benzene rings is 1. The Kier molecular flexibility index (Phi) is 4.95. The lowest BCUT2D eigenvalue weighted by molar-refractivity contribution is -0.160. The number of ether oxygens (including phenoxy) is 1. The third-order valence-electron chi connectivity index (χ3n) is 5.03. The van der Waals surface area contributed by atoms with Crippen LogP contribution >= 0.6 is 12.4 Å². The van der Waals surface area contributed by atoms with Crippen molar-refractivity contribution in [2.75, 3.05) is 20.2 Å². The van der Waals surface area contributed by atoms with Gasteiger partial charge in [0.25, 0.3) is 0 Å². The van der Waals surface area contributed by atoms with Crippen molar-refractivity contribution in [2.45, 2.75) is 37.6 Å². The van der Waals surface area contributed by atoms with Crippen molar-refractivity contribution in [2.24, 2.45) is 5.92 Å². The molecule has 1 aromatic carbocycles. The lowest BCUT2D eigenvalue weighted by Crippen LogP contribution is -2.63. The van der Waals surface area contributed by atoms with Crippen molar-refractivity contribution < 1.29 is 9.53 Å². The smallest absolute Gasteiger partial charge is 0.318 e. The third-order valence-corrected chi connectivity index (χ3v) is 5.03. The van der Waals surface area contributed by atoms with Gasteiger partial charge in [0, 0.05) is 12.6 Å². The van der Waals surface area contributed by atoms with Crippen molar-refractivity contribution in [1.82, 2.24) is 4.90 Å². The molecular formula is C17H24ClNO2. The van der Waals surface area contributed by atoms with E-state index >= 15 is 0 Å². The first kappa shape index (κ1) is 16.3. The van der Waals surface area contributed by atoms with Crippen molar-refractivity contribution in [3.05, 3.63) is 35.9 Å². The van der Waals surface area contributed by atoms with Crippen molar-refractivity contribution in [3.63, 3.8) is 0 Å². The van der Waals surface area contributed by atoms with E-state index in [-0.39, 0.29) is 24.4 Å². The molecule has 0 spiro atoms. The molecule has 3 nitrogen and oxygen atoms in total. The summed E-state index contributed by atoms with van der Waals surface area (Å²) in [6, 6.07) is 10.5. The number of likely N-dealkylation sites (N-methyl/N-ethyl adjacent to an activating group) is 1. The maximum absolute atomic E-state index is 12.8. The first-order valence-corrected chi connectivity index (χ1v) is 7.61. The number of hydrogen-bond donors (Lipinski definition) is 0. The van der Waals surface area contributed by atoms with Crippen LogP contribution in [0.1, 0.15) is 31.7 Å². The summed E-state index contributed by atoms with van der Waals surface area (Å²) in [5.41, 5.74) is 0.660. The van der Waals surface area contributed by atoms with Gasteiger partial charge in [-0.3, -0.25) is 4.79 Å². The van der Waals surface area contributed by atoms with Gasteiger partial charge in [0.1, 0.15) is 5.41 Å². The zero-order chi connectivity index (χ0) is 14.2. The topological polar surface area (TPSA) is 29.5 Å². The highest BCUT2D eigenvalue weighted by molar-refractivity contribution is 5.85. The number of carbonyl (C=O) groups is 1. The molecule has 21 heavy (non-hydrogen) atoms. The number of fused-ring (bicyclic) bond motifs is 3. The summed E-state index contributed by atoms with van der Waals surface area (Å²) in [5.74, 6) is 0.571. The number of carbonyl (C=O) groups excluding carboxylic acids is 1. The zero-order valence-corrected chi connectivity index (χ0v) is 13.6. The SMILES string of the molecule is CCOC(=O)C1(c2ccccc2)CC2CCC1N(C)C2.Cl. The maximum atomic E-state index is 12.8. The Morgan fingerprint density at radius 2 is 2.05 bits per heavy atom. The fourth-order valence-corrected chi connectivity index (χ4v) is 4.26. The zero-order valence-electron chi connectivity index (χ0n) is 12.7. The molecule has 3 unspecified atom stereocenters. The second kappa shape index (κ2) is 6.37. The molecule has 3 atom stereocenters. The van der Waals surface area contributed by atoms with Gasteiger partial charge in [0.15, 0.2) is 0 Å². The van der Waals surface area contributed by atoms with Crippen LogP contribution in [0.4, 0.5) is 0 Å². The van der Waals surface area contributed by atoms with Gasteiger partial charge in [0.05, 0.1) is 6.61 Å². The van der Waals surface area contributed by atoms with Crippen LogP contribution in [0.2, 0.25) is 0 Å². The molecule has 2 bridgehead atoms. The van der Waals surface area contributed by atoms with E-state index in [1.54, 1.807) is 0 Å². The van der Waals surface area contributed by atoms with Gasteiger partial charge >= 0.3 is 5.97 Å². The van der Waals surface area contributed by atoms with E-state index < -0.39 is 5.41 Å². The Morgan fingerprint density at radius 1 is 1.33 bits per heavy atom. The number of piperidine rings is 2. The molecule has 2 heterocycles. The van der Waals surface area contributed by atoms with Gasteiger partial charge in [-0.05, 0) is 44.7 Å². The second-order valence-corrected chi connectivity index (χ2v) is 6.16. The van der Waals surface area contributed by atoms with Crippen LogP contribution in [-0.4, -0.2) is 37.1 Å². The molecule has 0 radical (unpaired) electrons. The van der Waals surface area contributed by atoms with Crippen LogP contribution < -0.4 is 0 Å². The van der Waals surface area contributed by atoms with Crippen LogP contribution in [0.15, 0.2) is 30.3 Å². The summed E-state index contributed by atoms with van der Waals surface area (Å²) in [6.45, 7) is 3.45. The average molecular weight is 310 g/mol. The highest BCUT2D eigenvalue weighted by Crippen LogP contribution is 2.49. The minimum Gasteiger partial charge on any atom is -0.465 e. The third kappa shape index (κ3) is 2.58. The first-order chi connectivity index (χ1) is 9.68. The Labute approximate surface area is 133 Å². The molecule has 3 aliphatic rings. The number of hydrogen-bond acceptors (Lipinski definition) is 3. The van der Waals surface area contributed by atoms with Gasteiger partial charge in [-0.1, -0.05) is 30.3 Å². The van der Waals surface area contributed by atoms with E-state index in [4.69, 9.17) is 4.74 Å². The molecule has 4 rings (SSSR count). The Hall–Kier alpha value is -1.06. The number of nitrogens with zero attached hydrogens (tertiary/aromatic N) is 1. The molecule has 0 amide bonds. The van der Waals surface area contributed by atoms with Crippen molar-refractivity contribution >= 4 is 18.4 Å². The van der Waals surface area contributed by atoms with E-state index in [0.717, 1.165) is 24.9 Å². The molecule has 116 valence electrons. The molecule has 1 aromatic rings. The molecule has 4 heteroatoms. The predicted octanol–water partition coefficient (Wildman–Crippen LogP) is 3.02. The summed E-state index contributed by atoms with van der Waals surface area (Å²) < 4.78 is 5.47. The fourth-order valence-electron chi connectivity index (χ4n) is 4.26. The molecule has 0 aromatic heterocycles. The fraction of sp³-hybridized carbons (Fsp3) is 0.588. The van der Waals surface area contributed by atoms with Gasteiger partial charge in [-0.15, -0.1) is 12.4 Å². The van der Waals surface area contributed by atoms with E-state index in [0.29, 0.717) is 12.5 Å². The van der Waals surface area contributed by atoms with E-state index in [1.807, 2.05) is 25.1 Å². The van der Waals surface area contributed by atoms with Crippen LogP contribution in [-0.2, 0) is 14.9 Å². The lowest BCUT2D eigenvalue weighted by Gasteiger charge is -2.54. The Bertz CT molecular complexity index is 493. The van der Waals surface area contributed by atoms with Crippen molar-refractivity contribution in [1.29, 1.82) is 0 Å². The van der Waals surface area contributed by atoms with Crippen LogP contribution in [0.5, 0.6) is 0 Å². The second-order valence-electron chi connectivity index (χ2n) is 6.16. The highest BCUT2D eigenvalue weighted by Gasteiger charge is 2.56. The molecule has 1 aliphatic carbocycles. The normalized spacial score (nSPS) is 31.5. The average Bonchev–Trinajstić information content (AvgIpc) is 2.48. The van der Waals surface area contributed by atoms with Gasteiger partial charge in [-0.25, -0.2) is 0 Å². The van der Waals surface area contributed by atoms with E-state index in [9.17, 15) is 4.79 Å². The summed E-state index contributed by atoms with van der Waals surface area (Å²) in [4.78, 5) is 15.2. The monoisotopic (exact) mass is 309 g/mol. The summed E-state index contributed by atoms with van der Waals surface area (Å²) in [6.07, 6.45) is 3.27. The molecule has 2 aliphatic heterocycles. The Morgan fingerprint density at radius 3 is 2.62 bits per heavy atom.